The number of ether oxygens (including phenoxy) is 1. The number of aromatic nitrogens is 1. The molecule has 5 nitrogen and oxygen atoms in total. The van der Waals surface area contributed by atoms with Crippen molar-refractivity contribution in [3.8, 4) is 5.75 Å². The number of amides is 1. The fourth-order valence-corrected chi connectivity index (χ4v) is 2.57. The Morgan fingerprint density at radius 1 is 1.27 bits per heavy atom. The van der Waals surface area contributed by atoms with Crippen molar-refractivity contribution in [1.82, 2.24) is 10.3 Å². The molecule has 0 bridgehead atoms. The van der Waals surface area contributed by atoms with Gasteiger partial charge in [0.25, 0.3) is 5.91 Å². The van der Waals surface area contributed by atoms with Gasteiger partial charge in [0.05, 0.1) is 5.56 Å². The molecule has 1 aromatic carbocycles. The highest BCUT2D eigenvalue weighted by Gasteiger charge is 2.28. The van der Waals surface area contributed by atoms with Gasteiger partial charge in [-0.25, -0.2) is 4.98 Å². The van der Waals surface area contributed by atoms with Gasteiger partial charge in [0.15, 0.2) is 0 Å². The number of hydrogen-bond acceptors (Lipinski definition) is 4. The van der Waals surface area contributed by atoms with E-state index in [4.69, 9.17) is 0 Å². The van der Waals surface area contributed by atoms with E-state index in [1.807, 2.05) is 0 Å². The first-order valence-electron chi connectivity index (χ1n) is 6.31. The summed E-state index contributed by atoms with van der Waals surface area (Å²) in [7, 11) is 0. The van der Waals surface area contributed by atoms with Crippen molar-refractivity contribution in [3.63, 3.8) is 0 Å². The van der Waals surface area contributed by atoms with E-state index in [0.717, 1.165) is 0 Å². The van der Waals surface area contributed by atoms with Crippen LogP contribution in [0.15, 0.2) is 41.0 Å². The normalized spacial score (nSPS) is 16.7. The summed E-state index contributed by atoms with van der Waals surface area (Å²) in [6.45, 7) is -2.95. The maximum atomic E-state index is 12.5. The highest BCUT2D eigenvalue weighted by molar-refractivity contribution is 9.10. The van der Waals surface area contributed by atoms with Crippen LogP contribution in [0.1, 0.15) is 22.1 Å². The topological polar surface area (TPSA) is 63.2 Å². The minimum absolute atomic E-state index is 0.0182. The SMILES string of the molecule is O=C1NC(c2cc(Br)ccc2OC(F)F)Nc2ncccc21. The van der Waals surface area contributed by atoms with Crippen LogP contribution in [-0.4, -0.2) is 17.5 Å². The molecule has 0 spiro atoms. The van der Waals surface area contributed by atoms with E-state index in [0.29, 0.717) is 21.4 Å². The third-order valence-electron chi connectivity index (χ3n) is 3.11. The van der Waals surface area contributed by atoms with Crippen LogP contribution in [-0.2, 0) is 0 Å². The highest BCUT2D eigenvalue weighted by Crippen LogP contribution is 2.33. The predicted octanol–water partition coefficient (Wildman–Crippen LogP) is 3.30. The summed E-state index contributed by atoms with van der Waals surface area (Å²) in [4.78, 5) is 16.2. The van der Waals surface area contributed by atoms with Gasteiger partial charge in [0, 0.05) is 16.2 Å². The number of carbonyl (C=O) groups excluding carboxylic acids is 1. The first-order chi connectivity index (χ1) is 10.5. The zero-order valence-corrected chi connectivity index (χ0v) is 12.6. The van der Waals surface area contributed by atoms with Crippen molar-refractivity contribution in [3.05, 3.63) is 52.1 Å². The number of rotatable bonds is 3. The molecule has 8 heteroatoms. The molecule has 0 radical (unpaired) electrons. The van der Waals surface area contributed by atoms with Gasteiger partial charge in [-0.1, -0.05) is 15.9 Å². The van der Waals surface area contributed by atoms with Gasteiger partial charge < -0.3 is 15.4 Å². The summed E-state index contributed by atoms with van der Waals surface area (Å²) in [5.41, 5.74) is 0.768. The van der Waals surface area contributed by atoms with Crippen LogP contribution in [0.2, 0.25) is 0 Å². The lowest BCUT2D eigenvalue weighted by Crippen LogP contribution is -2.39. The smallest absolute Gasteiger partial charge is 0.387 e. The number of carbonyl (C=O) groups is 1. The molecule has 2 N–H and O–H groups in total. The van der Waals surface area contributed by atoms with E-state index in [-0.39, 0.29) is 11.7 Å². The molecule has 0 saturated carbocycles. The molecular formula is C14H10BrF2N3O2. The Bertz CT molecular complexity index is 727. The summed E-state index contributed by atoms with van der Waals surface area (Å²) in [6, 6.07) is 7.86. The number of hydrogen-bond donors (Lipinski definition) is 2. The summed E-state index contributed by atoms with van der Waals surface area (Å²) < 4.78 is 30.2. The summed E-state index contributed by atoms with van der Waals surface area (Å²) in [5.74, 6) is 0.0319. The van der Waals surface area contributed by atoms with E-state index in [1.54, 1.807) is 30.5 Å². The minimum Gasteiger partial charge on any atom is -0.434 e. The summed E-state index contributed by atoms with van der Waals surface area (Å²) >= 11 is 3.28. The number of nitrogens with one attached hydrogen (secondary N) is 2. The maximum absolute atomic E-state index is 12.5. The van der Waals surface area contributed by atoms with Crippen LogP contribution in [0.4, 0.5) is 14.6 Å². The van der Waals surface area contributed by atoms with Crippen LogP contribution >= 0.6 is 15.9 Å². The molecule has 0 saturated heterocycles. The lowest BCUT2D eigenvalue weighted by atomic mass is 10.1. The molecule has 1 atom stereocenters. The second-order valence-electron chi connectivity index (χ2n) is 4.51. The number of halogens is 3. The van der Waals surface area contributed by atoms with Gasteiger partial charge in [-0.2, -0.15) is 8.78 Å². The van der Waals surface area contributed by atoms with Crippen molar-refractivity contribution in [2.75, 3.05) is 5.32 Å². The van der Waals surface area contributed by atoms with Crippen molar-refractivity contribution in [2.45, 2.75) is 12.8 Å². The molecule has 1 unspecified atom stereocenters. The van der Waals surface area contributed by atoms with Gasteiger partial charge in [-0.15, -0.1) is 0 Å². The molecule has 3 rings (SSSR count). The number of benzene rings is 1. The average Bonchev–Trinajstić information content (AvgIpc) is 2.48. The van der Waals surface area contributed by atoms with Gasteiger partial charge in [0.1, 0.15) is 17.7 Å². The molecular weight excluding hydrogens is 360 g/mol. The Morgan fingerprint density at radius 3 is 2.86 bits per heavy atom. The molecule has 1 aliphatic rings. The Morgan fingerprint density at radius 2 is 2.09 bits per heavy atom. The summed E-state index contributed by atoms with van der Waals surface area (Å²) in [6.07, 6.45) is 0.819. The van der Waals surface area contributed by atoms with Crippen LogP contribution in [0, 0.1) is 0 Å². The van der Waals surface area contributed by atoms with E-state index in [9.17, 15) is 13.6 Å². The van der Waals surface area contributed by atoms with Crippen LogP contribution < -0.4 is 15.4 Å². The molecule has 1 aromatic heterocycles. The van der Waals surface area contributed by atoms with Crippen LogP contribution in [0.3, 0.4) is 0 Å². The highest BCUT2D eigenvalue weighted by atomic mass is 79.9. The van der Waals surface area contributed by atoms with Gasteiger partial charge >= 0.3 is 6.61 Å². The third kappa shape index (κ3) is 2.87. The first-order valence-corrected chi connectivity index (χ1v) is 7.10. The zero-order valence-electron chi connectivity index (χ0n) is 11.0. The average molecular weight is 370 g/mol. The Balaban J connectivity index is 1.98. The van der Waals surface area contributed by atoms with Crippen molar-refractivity contribution >= 4 is 27.7 Å². The number of alkyl halides is 2. The molecule has 0 aliphatic carbocycles. The lowest BCUT2D eigenvalue weighted by Gasteiger charge is -2.28. The second-order valence-corrected chi connectivity index (χ2v) is 5.43. The minimum atomic E-state index is -2.95. The third-order valence-corrected chi connectivity index (χ3v) is 3.60. The fourth-order valence-electron chi connectivity index (χ4n) is 2.19. The van der Waals surface area contributed by atoms with Gasteiger partial charge in [-0.05, 0) is 30.3 Å². The lowest BCUT2D eigenvalue weighted by molar-refractivity contribution is -0.0506. The second kappa shape index (κ2) is 5.88. The molecule has 1 aliphatic heterocycles. The van der Waals surface area contributed by atoms with Crippen molar-refractivity contribution < 1.29 is 18.3 Å². The molecule has 2 aromatic rings. The van der Waals surface area contributed by atoms with Gasteiger partial charge in [0.2, 0.25) is 0 Å². The Labute approximate surface area is 132 Å². The van der Waals surface area contributed by atoms with E-state index in [1.165, 1.54) is 6.07 Å². The largest absolute Gasteiger partial charge is 0.434 e. The molecule has 0 fully saturated rings. The fraction of sp³-hybridized carbons (Fsp3) is 0.143. The molecule has 22 heavy (non-hydrogen) atoms. The zero-order chi connectivity index (χ0) is 15.7. The van der Waals surface area contributed by atoms with E-state index in [2.05, 4.69) is 36.3 Å². The number of anilines is 1. The van der Waals surface area contributed by atoms with Crippen molar-refractivity contribution in [1.29, 1.82) is 0 Å². The Hall–Kier alpha value is -2.22. The number of nitrogens with zero attached hydrogens (tertiary/aromatic N) is 1. The quantitative estimate of drug-likeness (QED) is 0.871. The monoisotopic (exact) mass is 369 g/mol. The van der Waals surface area contributed by atoms with Crippen molar-refractivity contribution in [2.24, 2.45) is 0 Å². The molecule has 2 heterocycles. The van der Waals surface area contributed by atoms with Crippen LogP contribution in [0.25, 0.3) is 0 Å². The standard InChI is InChI=1S/C14H10BrF2N3O2/c15-7-3-4-10(22-14(16)17)9(6-7)12-19-11-8(13(21)20-12)2-1-5-18-11/h1-6,12,14H,(H,18,19)(H,20,21). The van der Waals surface area contributed by atoms with Gasteiger partial charge in [-0.3, -0.25) is 4.79 Å². The maximum Gasteiger partial charge on any atom is 0.387 e. The molecule has 114 valence electrons. The Kier molecular flexibility index (Phi) is 3.93. The summed E-state index contributed by atoms with van der Waals surface area (Å²) in [5, 5.41) is 5.69. The van der Waals surface area contributed by atoms with E-state index < -0.39 is 12.8 Å². The number of pyridine rings is 1. The van der Waals surface area contributed by atoms with E-state index >= 15 is 0 Å². The first kappa shape index (κ1) is 14.7. The number of fused-ring (bicyclic) bond motifs is 1. The predicted molar refractivity (Wildman–Crippen MR) is 78.8 cm³/mol. The van der Waals surface area contributed by atoms with Crippen LogP contribution in [0.5, 0.6) is 5.75 Å². The molecule has 1 amide bonds.